The lowest BCUT2D eigenvalue weighted by atomic mass is 10.1. The lowest BCUT2D eigenvalue weighted by molar-refractivity contribution is 0.0684. The molecule has 0 bridgehead atoms. The quantitative estimate of drug-likeness (QED) is 0.808. The fourth-order valence-electron chi connectivity index (χ4n) is 2.03. The summed E-state index contributed by atoms with van der Waals surface area (Å²) in [6.07, 6.45) is 2.55. The van der Waals surface area contributed by atoms with Crippen LogP contribution < -0.4 is 5.14 Å². The number of primary sulfonamides is 1. The molecule has 0 saturated carbocycles. The second kappa shape index (κ2) is 4.69. The van der Waals surface area contributed by atoms with Gasteiger partial charge in [0.25, 0.3) is 5.91 Å². The molecule has 1 atom stereocenters. The summed E-state index contributed by atoms with van der Waals surface area (Å²) in [6.45, 7) is 2.33. The molecule has 1 aliphatic rings. The number of amides is 1. The van der Waals surface area contributed by atoms with Gasteiger partial charge in [-0.2, -0.15) is 0 Å². The number of aromatic nitrogens is 1. The molecule has 1 unspecified atom stereocenters. The van der Waals surface area contributed by atoms with Crippen molar-refractivity contribution in [2.75, 3.05) is 13.1 Å². The van der Waals surface area contributed by atoms with E-state index in [2.05, 4.69) is 5.16 Å². The molecule has 1 amide bonds. The summed E-state index contributed by atoms with van der Waals surface area (Å²) in [5, 5.41) is 7.96. The van der Waals surface area contributed by atoms with E-state index in [1.165, 1.54) is 11.1 Å². The van der Waals surface area contributed by atoms with Gasteiger partial charge in [0.05, 0.1) is 11.4 Å². The predicted molar refractivity (Wildman–Crippen MR) is 63.3 cm³/mol. The van der Waals surface area contributed by atoms with E-state index in [-0.39, 0.29) is 18.2 Å². The summed E-state index contributed by atoms with van der Waals surface area (Å²) in [4.78, 5) is 13.6. The van der Waals surface area contributed by atoms with Crippen molar-refractivity contribution in [3.63, 3.8) is 0 Å². The summed E-state index contributed by atoms with van der Waals surface area (Å²) < 4.78 is 27.5. The molecule has 1 aliphatic heterocycles. The van der Waals surface area contributed by atoms with E-state index in [0.717, 1.165) is 0 Å². The minimum absolute atomic E-state index is 0.109. The first-order valence-electron chi connectivity index (χ1n) is 5.61. The Labute approximate surface area is 105 Å². The Morgan fingerprint density at radius 3 is 2.89 bits per heavy atom. The number of sulfonamides is 1. The van der Waals surface area contributed by atoms with Crippen LogP contribution >= 0.6 is 0 Å². The third-order valence-corrected chi connectivity index (χ3v) is 4.39. The largest absolute Gasteiger partial charge is 0.351 e. The minimum atomic E-state index is -3.61. The zero-order valence-corrected chi connectivity index (χ0v) is 10.8. The van der Waals surface area contributed by atoms with Crippen molar-refractivity contribution in [1.82, 2.24) is 10.1 Å². The van der Waals surface area contributed by atoms with E-state index in [0.29, 0.717) is 24.9 Å². The van der Waals surface area contributed by atoms with E-state index >= 15 is 0 Å². The highest BCUT2D eigenvalue weighted by Gasteiger charge is 2.32. The van der Waals surface area contributed by atoms with E-state index in [1.807, 2.05) is 0 Å². The third kappa shape index (κ3) is 2.54. The number of nitrogens with zero attached hydrogens (tertiary/aromatic N) is 2. The molecular formula is C10H15N3O4S. The number of likely N-dealkylation sites (tertiary alicyclic amines) is 1. The number of nitrogens with two attached hydrogens (primary N) is 1. The third-order valence-electron chi connectivity index (χ3n) is 3.07. The van der Waals surface area contributed by atoms with Crippen LogP contribution in [0.4, 0.5) is 0 Å². The maximum atomic E-state index is 12.1. The van der Waals surface area contributed by atoms with E-state index in [9.17, 15) is 13.2 Å². The topological polar surface area (TPSA) is 106 Å². The van der Waals surface area contributed by atoms with Crippen LogP contribution in [-0.4, -0.2) is 42.7 Å². The van der Waals surface area contributed by atoms with Crippen molar-refractivity contribution < 1.29 is 17.7 Å². The van der Waals surface area contributed by atoms with E-state index in [1.54, 1.807) is 6.92 Å². The maximum absolute atomic E-state index is 12.1. The first-order chi connectivity index (χ1) is 8.39. The van der Waals surface area contributed by atoms with Gasteiger partial charge in [-0.1, -0.05) is 5.16 Å². The van der Waals surface area contributed by atoms with Crippen LogP contribution in [0.5, 0.6) is 0 Å². The Kier molecular flexibility index (Phi) is 3.40. The number of hydrogen-bond donors (Lipinski definition) is 1. The summed E-state index contributed by atoms with van der Waals surface area (Å²) >= 11 is 0. The molecule has 0 radical (unpaired) electrons. The van der Waals surface area contributed by atoms with Gasteiger partial charge in [0.15, 0.2) is 0 Å². The zero-order chi connectivity index (χ0) is 13.3. The molecule has 2 N–H and O–H groups in total. The lowest BCUT2D eigenvalue weighted by Crippen LogP contribution is -2.47. The molecule has 1 aromatic rings. The summed E-state index contributed by atoms with van der Waals surface area (Å²) in [7, 11) is -3.61. The molecule has 8 heteroatoms. The molecule has 1 fully saturated rings. The number of carbonyl (C=O) groups is 1. The van der Waals surface area contributed by atoms with Crippen molar-refractivity contribution in [3.8, 4) is 0 Å². The second-order valence-corrected chi connectivity index (χ2v) is 6.29. The van der Waals surface area contributed by atoms with Gasteiger partial charge in [0.2, 0.25) is 15.8 Å². The summed E-state index contributed by atoms with van der Waals surface area (Å²) in [5.41, 5.74) is 0.637. The molecule has 1 aromatic heterocycles. The molecule has 100 valence electrons. The molecule has 0 aliphatic carbocycles. The Hall–Kier alpha value is -1.41. The number of rotatable bonds is 2. The average Bonchev–Trinajstić information content (AvgIpc) is 2.73. The Bertz CT molecular complexity index is 551. The second-order valence-electron chi connectivity index (χ2n) is 4.44. The first-order valence-corrected chi connectivity index (χ1v) is 7.22. The smallest absolute Gasteiger partial charge is 0.292 e. The van der Waals surface area contributed by atoms with Gasteiger partial charge in [0, 0.05) is 18.7 Å². The van der Waals surface area contributed by atoms with Gasteiger partial charge in [0.1, 0.15) is 0 Å². The fourth-order valence-corrected chi connectivity index (χ4v) is 2.91. The van der Waals surface area contributed by atoms with Crippen LogP contribution in [0.1, 0.15) is 29.0 Å². The van der Waals surface area contributed by atoms with Crippen molar-refractivity contribution >= 4 is 15.9 Å². The van der Waals surface area contributed by atoms with Crippen LogP contribution in [0.2, 0.25) is 0 Å². The highest BCUT2D eigenvalue weighted by molar-refractivity contribution is 7.89. The van der Waals surface area contributed by atoms with Crippen molar-refractivity contribution in [2.24, 2.45) is 5.14 Å². The normalized spacial score (nSPS) is 21.0. The fraction of sp³-hybridized carbons (Fsp3) is 0.600. The monoisotopic (exact) mass is 273 g/mol. The van der Waals surface area contributed by atoms with Crippen LogP contribution in [-0.2, 0) is 10.0 Å². The van der Waals surface area contributed by atoms with E-state index < -0.39 is 15.3 Å². The Morgan fingerprint density at radius 1 is 1.61 bits per heavy atom. The lowest BCUT2D eigenvalue weighted by Gasteiger charge is -2.30. The van der Waals surface area contributed by atoms with Crippen LogP contribution in [0.3, 0.4) is 0 Å². The molecule has 0 spiro atoms. The van der Waals surface area contributed by atoms with Crippen LogP contribution in [0.25, 0.3) is 0 Å². The molecule has 7 nitrogen and oxygen atoms in total. The van der Waals surface area contributed by atoms with Gasteiger partial charge in [-0.05, 0) is 19.8 Å². The summed E-state index contributed by atoms with van der Waals surface area (Å²) in [6, 6.07) is 0. The molecule has 2 heterocycles. The van der Waals surface area contributed by atoms with Crippen molar-refractivity contribution in [3.05, 3.63) is 17.5 Å². The Balaban J connectivity index is 2.15. The highest BCUT2D eigenvalue weighted by atomic mass is 32.2. The van der Waals surface area contributed by atoms with Gasteiger partial charge in [-0.3, -0.25) is 4.79 Å². The number of piperidine rings is 1. The SMILES string of the molecule is Cc1cnoc1C(=O)N1CCCC(S(N)(=O)=O)C1. The van der Waals surface area contributed by atoms with Crippen molar-refractivity contribution in [2.45, 2.75) is 25.0 Å². The minimum Gasteiger partial charge on any atom is -0.351 e. The van der Waals surface area contributed by atoms with Crippen LogP contribution in [0.15, 0.2) is 10.7 Å². The molecule has 1 saturated heterocycles. The standard InChI is InChI=1S/C10H15N3O4S/c1-7-5-12-17-9(7)10(14)13-4-2-3-8(6-13)18(11,15)16/h5,8H,2-4,6H2,1H3,(H2,11,15,16). The average molecular weight is 273 g/mol. The number of aryl methyl sites for hydroxylation is 1. The first kappa shape index (κ1) is 13.0. The Morgan fingerprint density at radius 2 is 2.33 bits per heavy atom. The molecule has 18 heavy (non-hydrogen) atoms. The van der Waals surface area contributed by atoms with E-state index in [4.69, 9.17) is 9.66 Å². The van der Waals surface area contributed by atoms with Gasteiger partial charge < -0.3 is 9.42 Å². The number of hydrogen-bond acceptors (Lipinski definition) is 5. The van der Waals surface area contributed by atoms with Gasteiger partial charge in [-0.25, -0.2) is 13.6 Å². The van der Waals surface area contributed by atoms with Gasteiger partial charge >= 0.3 is 0 Å². The molecular weight excluding hydrogens is 258 g/mol. The predicted octanol–water partition coefficient (Wildman–Crippen LogP) is -0.124. The maximum Gasteiger partial charge on any atom is 0.292 e. The molecule has 2 rings (SSSR count). The van der Waals surface area contributed by atoms with Crippen LogP contribution in [0, 0.1) is 6.92 Å². The van der Waals surface area contributed by atoms with Crippen molar-refractivity contribution in [1.29, 1.82) is 0 Å². The zero-order valence-electron chi connectivity index (χ0n) is 10.00. The molecule has 0 aromatic carbocycles. The van der Waals surface area contributed by atoms with Gasteiger partial charge in [-0.15, -0.1) is 0 Å². The highest BCUT2D eigenvalue weighted by Crippen LogP contribution is 2.18. The number of carbonyl (C=O) groups excluding carboxylic acids is 1. The summed E-state index contributed by atoms with van der Waals surface area (Å²) in [5.74, 6) is -0.177.